The maximum absolute atomic E-state index is 14.4. The molecule has 0 radical (unpaired) electrons. The van der Waals surface area contributed by atoms with Crippen LogP contribution in [0.5, 0.6) is 0 Å². The van der Waals surface area contributed by atoms with Gasteiger partial charge in [-0.2, -0.15) is 0 Å². The molecule has 4 aromatic rings. The Labute approximate surface area is 394 Å². The van der Waals surface area contributed by atoms with E-state index in [-0.39, 0.29) is 64.0 Å². The van der Waals surface area contributed by atoms with E-state index in [2.05, 4.69) is 31.9 Å². The summed E-state index contributed by atoms with van der Waals surface area (Å²) in [6.45, 7) is 5.55. The van der Waals surface area contributed by atoms with Crippen LogP contribution in [0.4, 0.5) is 4.79 Å². The molecule has 18 heteroatoms. The summed E-state index contributed by atoms with van der Waals surface area (Å²) < 4.78 is 0.990. The lowest BCUT2D eigenvalue weighted by atomic mass is 10.0. The smallest absolute Gasteiger partial charge is 0.312 e. The van der Waals surface area contributed by atoms with Crippen molar-refractivity contribution in [1.82, 2.24) is 36.8 Å². The number of rotatable bonds is 24. The third-order valence-corrected chi connectivity index (χ3v) is 12.7. The number of likely N-dealkylation sites (tertiary alicyclic amines) is 1. The van der Waals surface area contributed by atoms with Crippen LogP contribution in [0.25, 0.3) is 10.1 Å². The lowest BCUT2D eigenvalue weighted by Crippen LogP contribution is -2.59. The Hall–Kier alpha value is -6.82. The van der Waals surface area contributed by atoms with Crippen LogP contribution >= 0.6 is 11.3 Å². The van der Waals surface area contributed by atoms with Gasteiger partial charge in [-0.05, 0) is 73.1 Å². The minimum atomic E-state index is -1.17. The van der Waals surface area contributed by atoms with Crippen LogP contribution in [0.2, 0.25) is 0 Å². The fourth-order valence-corrected chi connectivity index (χ4v) is 9.17. The monoisotopic (exact) mass is 937 g/mol. The van der Waals surface area contributed by atoms with Gasteiger partial charge in [-0.15, -0.1) is 11.3 Å². The van der Waals surface area contributed by atoms with E-state index in [0.29, 0.717) is 12.8 Å². The number of fused-ring (bicyclic) bond motifs is 1. The first-order valence-electron chi connectivity index (χ1n) is 22.7. The van der Waals surface area contributed by atoms with Crippen molar-refractivity contribution in [2.24, 2.45) is 17.4 Å². The van der Waals surface area contributed by atoms with Crippen LogP contribution < -0.4 is 43.4 Å². The molecule has 0 saturated carbocycles. The number of hydrogen-bond acceptors (Lipinski definition) is 9. The van der Waals surface area contributed by atoms with Gasteiger partial charge in [-0.3, -0.25) is 33.6 Å². The summed E-state index contributed by atoms with van der Waals surface area (Å²) in [6, 6.07) is 20.5. The van der Waals surface area contributed by atoms with E-state index in [9.17, 15) is 38.4 Å². The van der Waals surface area contributed by atoms with Gasteiger partial charge < -0.3 is 48.3 Å². The summed E-state index contributed by atoms with van der Waals surface area (Å²) in [7, 11) is 0. The molecule has 0 bridgehead atoms. The van der Waals surface area contributed by atoms with Gasteiger partial charge in [0, 0.05) is 48.9 Å². The van der Waals surface area contributed by atoms with Gasteiger partial charge in [-0.1, -0.05) is 92.7 Å². The molecule has 9 amide bonds. The molecule has 358 valence electrons. The SMILES string of the molecule is CC(=O)N[C@@H](Cc1ccccc1)C(=O)N[C@@H](CCCNC(N)=O)C(=O)N1CCC[C@H]1C(=O)N[C@H](CCC(C)C)C(=O)N[C@@H](Cc1cc2ccccc2s1)C(=O)N[C@@H](Cc1ccccc1)C(N)=O. The van der Waals surface area contributed by atoms with Crippen LogP contribution in [-0.4, -0.2) is 102 Å². The Kier molecular flexibility index (Phi) is 19.2. The molecule has 1 aromatic heterocycles. The van der Waals surface area contributed by atoms with E-state index in [4.69, 9.17) is 11.5 Å². The van der Waals surface area contributed by atoms with Gasteiger partial charge >= 0.3 is 6.03 Å². The van der Waals surface area contributed by atoms with E-state index in [1.807, 2.05) is 105 Å². The van der Waals surface area contributed by atoms with Crippen LogP contribution in [0.15, 0.2) is 91.0 Å². The zero-order chi connectivity index (χ0) is 48.5. The molecule has 3 aromatic carbocycles. The van der Waals surface area contributed by atoms with Crippen molar-refractivity contribution in [2.45, 2.75) is 115 Å². The molecule has 5 rings (SSSR count). The fourth-order valence-electron chi connectivity index (χ4n) is 8.06. The third kappa shape index (κ3) is 15.9. The Morgan fingerprint density at radius 2 is 1.22 bits per heavy atom. The van der Waals surface area contributed by atoms with Crippen LogP contribution in [0.3, 0.4) is 0 Å². The Morgan fingerprint density at radius 3 is 1.82 bits per heavy atom. The van der Waals surface area contributed by atoms with Crippen LogP contribution in [0.1, 0.15) is 75.3 Å². The fraction of sp³-hybridized carbons (Fsp3) is 0.429. The van der Waals surface area contributed by atoms with E-state index in [1.54, 1.807) is 0 Å². The van der Waals surface area contributed by atoms with Crippen molar-refractivity contribution in [2.75, 3.05) is 13.1 Å². The van der Waals surface area contributed by atoms with E-state index in [0.717, 1.165) is 26.1 Å². The highest BCUT2D eigenvalue weighted by Crippen LogP contribution is 2.27. The van der Waals surface area contributed by atoms with Gasteiger partial charge in [0.25, 0.3) is 0 Å². The number of nitrogens with two attached hydrogens (primary N) is 2. The largest absolute Gasteiger partial charge is 0.368 e. The maximum atomic E-state index is 14.4. The molecule has 10 N–H and O–H groups in total. The minimum Gasteiger partial charge on any atom is -0.368 e. The number of amides is 9. The molecule has 67 heavy (non-hydrogen) atoms. The van der Waals surface area contributed by atoms with Gasteiger partial charge in [0.1, 0.15) is 36.3 Å². The molecular weight excluding hydrogens is 875 g/mol. The number of nitrogens with one attached hydrogen (secondary N) is 6. The number of carbonyl (C=O) groups excluding carboxylic acids is 8. The van der Waals surface area contributed by atoms with Crippen LogP contribution in [-0.2, 0) is 52.8 Å². The summed E-state index contributed by atoms with van der Waals surface area (Å²) in [5, 5.41) is 17.5. The highest BCUT2D eigenvalue weighted by atomic mass is 32.1. The number of carbonyl (C=O) groups is 8. The second-order valence-electron chi connectivity index (χ2n) is 17.3. The number of nitrogens with zero attached hydrogens (tertiary/aromatic N) is 1. The second kappa shape index (κ2) is 25.2. The number of benzene rings is 3. The highest BCUT2D eigenvalue weighted by Gasteiger charge is 2.40. The summed E-state index contributed by atoms with van der Waals surface area (Å²) in [4.78, 5) is 110. The minimum absolute atomic E-state index is 0.0679. The Balaban J connectivity index is 1.35. The summed E-state index contributed by atoms with van der Waals surface area (Å²) in [6.07, 6.45) is 2.15. The van der Waals surface area contributed by atoms with Gasteiger partial charge in [0.15, 0.2) is 0 Å². The lowest BCUT2D eigenvalue weighted by Gasteiger charge is -2.31. The van der Waals surface area contributed by atoms with Gasteiger partial charge in [-0.25, -0.2) is 4.79 Å². The maximum Gasteiger partial charge on any atom is 0.312 e. The molecule has 1 fully saturated rings. The summed E-state index contributed by atoms with van der Waals surface area (Å²) >= 11 is 1.47. The van der Waals surface area contributed by atoms with Crippen molar-refractivity contribution in [3.8, 4) is 0 Å². The molecular formula is C49H63N9O8S. The molecule has 0 aliphatic carbocycles. The topological polar surface area (TPSA) is 264 Å². The van der Waals surface area contributed by atoms with Crippen LogP contribution in [0, 0.1) is 5.92 Å². The molecule has 0 spiro atoms. The van der Waals surface area contributed by atoms with Gasteiger partial charge in [0.05, 0.1) is 0 Å². The normalized spacial score (nSPS) is 15.6. The number of urea groups is 1. The molecule has 17 nitrogen and oxygen atoms in total. The van der Waals surface area contributed by atoms with Crippen molar-refractivity contribution in [1.29, 1.82) is 0 Å². The zero-order valence-electron chi connectivity index (χ0n) is 38.3. The summed E-state index contributed by atoms with van der Waals surface area (Å²) in [5.74, 6) is -4.04. The zero-order valence-corrected chi connectivity index (χ0v) is 39.1. The average molecular weight is 938 g/mol. The third-order valence-electron chi connectivity index (χ3n) is 11.5. The number of thiophene rings is 1. The second-order valence-corrected chi connectivity index (χ2v) is 18.5. The number of primary amides is 2. The van der Waals surface area contributed by atoms with Crippen molar-refractivity contribution in [3.05, 3.63) is 107 Å². The van der Waals surface area contributed by atoms with E-state index >= 15 is 0 Å². The van der Waals surface area contributed by atoms with E-state index in [1.165, 1.54) is 23.2 Å². The molecule has 0 unspecified atom stereocenters. The first-order valence-corrected chi connectivity index (χ1v) is 23.6. The van der Waals surface area contributed by atoms with Crippen molar-refractivity contribution < 1.29 is 38.4 Å². The lowest BCUT2D eigenvalue weighted by molar-refractivity contribution is -0.142. The molecule has 1 saturated heterocycles. The number of hydrogen-bond donors (Lipinski definition) is 8. The molecule has 1 aliphatic heterocycles. The Morgan fingerprint density at radius 1 is 0.657 bits per heavy atom. The molecule has 1 aliphatic rings. The predicted molar refractivity (Wildman–Crippen MR) is 256 cm³/mol. The Bertz CT molecular complexity index is 2310. The predicted octanol–water partition coefficient (Wildman–Crippen LogP) is 2.73. The first-order chi connectivity index (χ1) is 32.1. The first kappa shape index (κ1) is 51.2. The summed E-state index contributed by atoms with van der Waals surface area (Å²) in [5.41, 5.74) is 12.6. The van der Waals surface area contributed by atoms with Crippen molar-refractivity contribution >= 4 is 68.8 Å². The highest BCUT2D eigenvalue weighted by molar-refractivity contribution is 7.19. The standard InChI is InChI=1S/C49H63N9O8S/c1-30(2)22-23-36(44(61)57-40(29-35-28-34-18-10-11-21-42(34)67-35)46(63)56-38(43(50)60)26-32-14-6-4-7-15-32)54-47(64)41-20-13-25-58(41)48(65)37(19-12-24-52-49(51)66)55-45(62)39(53-31(3)59)27-33-16-8-5-9-17-33/h4-11,14-18,21,28,30,36-41H,12-13,19-20,22-27,29H2,1-3H3,(H2,50,60)(H,53,59)(H,54,64)(H,55,62)(H,56,63)(H,57,61)(H3,51,52,66)/t36-,37+,38+,39+,40+,41+/m1/s1. The van der Waals surface area contributed by atoms with E-state index < -0.39 is 83.6 Å². The molecule has 2 heterocycles. The molecule has 6 atom stereocenters. The average Bonchev–Trinajstić information content (AvgIpc) is 3.96. The van der Waals surface area contributed by atoms with Gasteiger partial charge in [0.2, 0.25) is 41.4 Å². The van der Waals surface area contributed by atoms with Crippen molar-refractivity contribution in [3.63, 3.8) is 0 Å². The quantitative estimate of drug-likeness (QED) is 0.0484.